The van der Waals surface area contributed by atoms with Crippen LogP contribution in [0.4, 0.5) is 0 Å². The van der Waals surface area contributed by atoms with Crippen molar-refractivity contribution in [3.63, 3.8) is 0 Å². The maximum atomic E-state index is 13.8. The molecule has 487 valence electrons. The van der Waals surface area contributed by atoms with Crippen LogP contribution in [-0.2, 0) is 43.2 Å². The van der Waals surface area contributed by atoms with Crippen LogP contribution in [0.1, 0.15) is 25.7 Å². The number of rotatable bonds is 48. The first-order valence-corrected chi connectivity index (χ1v) is 26.0. The van der Waals surface area contributed by atoms with Crippen molar-refractivity contribution in [3.8, 4) is 0 Å². The molecule has 0 rings (SSSR count). The summed E-state index contributed by atoms with van der Waals surface area (Å²) in [5.74, 6) is -12.2. The second-order valence-electron chi connectivity index (χ2n) is 18.8. The van der Waals surface area contributed by atoms with Crippen molar-refractivity contribution >= 4 is 53.4 Å². The molecule has 1 radical (unpaired) electrons. The van der Waals surface area contributed by atoms with E-state index in [0.717, 1.165) is 24.5 Å². The Morgan fingerprint density at radius 3 is 0.726 bits per heavy atom. The number of aliphatic hydroxyl groups excluding tert-OH is 16. The maximum absolute atomic E-state index is 13.8. The normalized spacial score (nSPS) is 15.8. The van der Waals surface area contributed by atoms with Gasteiger partial charge in [0.25, 0.3) is 23.6 Å². The molecule has 0 aliphatic rings. The fourth-order valence-corrected chi connectivity index (χ4v) is 7.47. The van der Waals surface area contributed by atoms with E-state index < -0.39 is 290 Å². The molecule has 0 fully saturated rings. The molecule has 0 aliphatic carbocycles. The van der Waals surface area contributed by atoms with Crippen LogP contribution in [0.2, 0.25) is 0 Å². The van der Waals surface area contributed by atoms with Crippen molar-refractivity contribution in [1.82, 2.24) is 45.8 Å². The number of nitrogens with one attached hydrogen (secondary N) is 4. The number of amides is 6. The van der Waals surface area contributed by atoms with Crippen molar-refractivity contribution < 1.29 is 180 Å². The van der Waals surface area contributed by atoms with E-state index in [9.17, 15) is 120 Å². The summed E-state index contributed by atoms with van der Waals surface area (Å²) in [6.07, 6.45) is -25.9. The van der Waals surface area contributed by atoms with Gasteiger partial charge in [-0.3, -0.25) is 43.5 Å². The molecule has 0 spiro atoms. The SMILES string of the molecule is O=C([O-])CN(CCN(CC(=O)[O-])CC(=O)N(CCNC(=O)[C@@H](O)[C@H](O)[C@@H](O)CCO)CCNC(=O)[C@@H](O)[C@H](O)[C@@H](O)CCO)CCN(CC(=O)[O-])CC(=O)N(CCNC(=O)[C@@H](O)[C@H](O)[C@@H](O)CCO)CCNC(=O)[C@H](O)[C@H](O)[C@@H](O)CCO.[Gd+3]. The zero-order chi connectivity index (χ0) is 63.5. The number of hydrogen-bond donors (Lipinski definition) is 20. The molecule has 0 heterocycles. The molecule has 0 unspecified atom stereocenters. The van der Waals surface area contributed by atoms with Crippen LogP contribution in [0.25, 0.3) is 0 Å². The number of aliphatic hydroxyl groups is 16. The first-order chi connectivity index (χ1) is 39.0. The molecule has 37 nitrogen and oxygen atoms in total. The average molecular weight is 1370 g/mol. The van der Waals surface area contributed by atoms with E-state index >= 15 is 0 Å². The number of hydrogen-bond acceptors (Lipinski definition) is 31. The van der Waals surface area contributed by atoms with Gasteiger partial charge in [0, 0.05) is 125 Å². The summed E-state index contributed by atoms with van der Waals surface area (Å²) in [5, 5.41) is 201. The Labute approximate surface area is 513 Å². The first kappa shape index (κ1) is 81.9. The third-order valence-electron chi connectivity index (χ3n) is 12.3. The molecule has 0 saturated heterocycles. The van der Waals surface area contributed by atoms with Gasteiger partial charge in [0.15, 0.2) is 24.4 Å². The van der Waals surface area contributed by atoms with Gasteiger partial charge in [0.1, 0.15) is 24.4 Å². The van der Waals surface area contributed by atoms with Gasteiger partial charge in [-0.2, -0.15) is 0 Å². The molecule has 0 aromatic carbocycles. The van der Waals surface area contributed by atoms with E-state index in [1.54, 1.807) is 0 Å². The standard InChI is InChI=1S/C46H85N9O28.Gd/c56-17-1-26(60)35(72)39(76)43(80)47-5-9-54(10-6-48-44(81)40(77)36(73)27(61)2-18-57)30(64)21-52(24-33(68)69)15-13-51(23-32(66)67)14-16-53(25-34(70)71)22-31(65)55(11-7-49-45(82)41(78)37(74)28(62)3-19-58)12-8-50-46(83)42(79)38(75)29(63)4-20-59;/h26-29,35-42,56-63,72-79H,1-25H2,(H,47,80)(H,48,81)(H,49,82)(H,50,83)(H,66,67)(H,68,69)(H,70,71);/q;+3/p-3/t26-,27-,28-,29-,35+,36+,37+,38+,39-,40-,41-,42+;/m0./s1. The number of carboxylic acids is 3. The van der Waals surface area contributed by atoms with Crippen LogP contribution in [-0.4, -0.2) is 370 Å². The summed E-state index contributed by atoms with van der Waals surface area (Å²) in [7, 11) is 0. The quantitative estimate of drug-likeness (QED) is 0.0269. The fourth-order valence-electron chi connectivity index (χ4n) is 7.47. The summed E-state index contributed by atoms with van der Waals surface area (Å²) in [4.78, 5) is 118. The molecule has 38 heteroatoms. The van der Waals surface area contributed by atoms with Crippen molar-refractivity contribution in [2.75, 3.05) is 138 Å². The Morgan fingerprint density at radius 1 is 0.321 bits per heavy atom. The molecule has 6 amide bonds. The van der Waals surface area contributed by atoms with Crippen LogP contribution < -0.4 is 36.6 Å². The summed E-state index contributed by atoms with van der Waals surface area (Å²) in [6, 6.07) is 0. The van der Waals surface area contributed by atoms with Crippen molar-refractivity contribution in [3.05, 3.63) is 0 Å². The fraction of sp³-hybridized carbons (Fsp3) is 0.804. The zero-order valence-corrected chi connectivity index (χ0v) is 48.0. The molecule has 84 heavy (non-hydrogen) atoms. The van der Waals surface area contributed by atoms with E-state index in [1.165, 1.54) is 0 Å². The van der Waals surface area contributed by atoms with Gasteiger partial charge in [-0.05, 0) is 25.7 Å². The molecule has 12 atom stereocenters. The second-order valence-corrected chi connectivity index (χ2v) is 18.8. The van der Waals surface area contributed by atoms with E-state index in [2.05, 4.69) is 21.3 Å². The van der Waals surface area contributed by atoms with Crippen LogP contribution in [0.15, 0.2) is 0 Å². The van der Waals surface area contributed by atoms with Crippen LogP contribution in [0.5, 0.6) is 0 Å². The van der Waals surface area contributed by atoms with E-state index in [1.807, 2.05) is 0 Å². The van der Waals surface area contributed by atoms with Gasteiger partial charge in [0.2, 0.25) is 11.8 Å². The number of nitrogens with zero attached hydrogens (tertiary/aromatic N) is 5. The molecular formula is C46H82GdN9O28. The summed E-state index contributed by atoms with van der Waals surface area (Å²) in [6.45, 7) is -13.1. The van der Waals surface area contributed by atoms with Gasteiger partial charge in [-0.15, -0.1) is 0 Å². The van der Waals surface area contributed by atoms with Gasteiger partial charge >= 0.3 is 39.9 Å². The van der Waals surface area contributed by atoms with E-state index in [0.29, 0.717) is 0 Å². The van der Waals surface area contributed by atoms with Gasteiger partial charge in [-0.25, -0.2) is 0 Å². The van der Waals surface area contributed by atoms with Gasteiger partial charge < -0.3 is 142 Å². The molecular weight excluding hydrogens is 1280 g/mol. The second kappa shape index (κ2) is 45.1. The Bertz CT molecular complexity index is 1770. The van der Waals surface area contributed by atoms with Gasteiger partial charge in [0.05, 0.1) is 55.4 Å². The van der Waals surface area contributed by atoms with Crippen molar-refractivity contribution in [1.29, 1.82) is 0 Å². The molecule has 0 aromatic rings. The molecule has 0 aromatic heterocycles. The van der Waals surface area contributed by atoms with Crippen LogP contribution in [0.3, 0.4) is 0 Å². The first-order valence-electron chi connectivity index (χ1n) is 26.0. The molecule has 0 bridgehead atoms. The van der Waals surface area contributed by atoms with Crippen LogP contribution in [0, 0.1) is 39.9 Å². The Hall–Kier alpha value is -4.21. The van der Waals surface area contributed by atoms with Crippen LogP contribution >= 0.6 is 0 Å². The number of carbonyl (C=O) groups excluding carboxylic acids is 9. The topological polar surface area (TPSA) is 611 Å². The van der Waals surface area contributed by atoms with Crippen molar-refractivity contribution in [2.45, 2.75) is 98.9 Å². The molecule has 20 N–H and O–H groups in total. The molecule has 0 saturated carbocycles. The minimum absolute atomic E-state index is 0. The third kappa shape index (κ3) is 33.1. The smallest absolute Gasteiger partial charge is 0.549 e. The Kier molecular flexibility index (Phi) is 44.0. The van der Waals surface area contributed by atoms with Crippen molar-refractivity contribution in [2.24, 2.45) is 0 Å². The average Bonchev–Trinajstić information content (AvgIpc) is 3.44. The summed E-state index contributed by atoms with van der Waals surface area (Å²) >= 11 is 0. The Balaban J connectivity index is 0. The predicted octanol–water partition coefficient (Wildman–Crippen LogP) is -18.9. The molecule has 0 aliphatic heterocycles. The minimum Gasteiger partial charge on any atom is -0.549 e. The number of carbonyl (C=O) groups is 9. The predicted molar refractivity (Wildman–Crippen MR) is 268 cm³/mol. The third-order valence-corrected chi connectivity index (χ3v) is 12.3. The largest absolute Gasteiger partial charge is 3.00 e. The Morgan fingerprint density at radius 2 is 0.524 bits per heavy atom. The van der Waals surface area contributed by atoms with Gasteiger partial charge in [-0.1, -0.05) is 0 Å². The zero-order valence-electron chi connectivity index (χ0n) is 45.7. The van der Waals surface area contributed by atoms with E-state index in [4.69, 9.17) is 20.4 Å². The minimum atomic E-state index is -2.24. The number of carboxylic acid groups (broad SMARTS) is 3. The summed E-state index contributed by atoms with van der Waals surface area (Å²) in [5.41, 5.74) is 0. The summed E-state index contributed by atoms with van der Waals surface area (Å²) < 4.78 is 0. The monoisotopic (exact) mass is 1370 g/mol. The maximum Gasteiger partial charge on any atom is 3.00 e. The number of aliphatic carboxylic acids is 3. The van der Waals surface area contributed by atoms with E-state index in [-0.39, 0.29) is 39.9 Å².